The third kappa shape index (κ3) is 2.71. The van der Waals surface area contributed by atoms with Crippen molar-refractivity contribution in [2.45, 2.75) is 13.5 Å². The summed E-state index contributed by atoms with van der Waals surface area (Å²) >= 11 is 1.56. The van der Waals surface area contributed by atoms with Crippen LogP contribution in [0, 0.1) is 12.7 Å². The van der Waals surface area contributed by atoms with Crippen LogP contribution in [0.25, 0.3) is 16.2 Å². The molecule has 4 rings (SSSR count). The molecule has 3 aromatic heterocycles. The molecule has 0 saturated heterocycles. The van der Waals surface area contributed by atoms with Gasteiger partial charge in [-0.25, -0.2) is 9.37 Å². The Hall–Kier alpha value is -2.87. The molecule has 0 amide bonds. The maximum atomic E-state index is 13.0. The molecule has 120 valence electrons. The zero-order valence-electron chi connectivity index (χ0n) is 12.8. The van der Waals surface area contributed by atoms with E-state index in [9.17, 15) is 4.39 Å². The van der Waals surface area contributed by atoms with E-state index in [-0.39, 0.29) is 5.82 Å². The van der Waals surface area contributed by atoms with Gasteiger partial charge in [-0.15, -0.1) is 11.3 Å². The minimum absolute atomic E-state index is 0.245. The number of hydrogen-bond donors (Lipinski definition) is 1. The van der Waals surface area contributed by atoms with Crippen LogP contribution in [0.3, 0.4) is 0 Å². The molecule has 0 unspecified atom stereocenters. The summed E-state index contributed by atoms with van der Waals surface area (Å²) in [6.07, 6.45) is 3.00. The third-order valence-corrected chi connectivity index (χ3v) is 4.59. The maximum absolute atomic E-state index is 13.0. The second kappa shape index (κ2) is 5.97. The highest BCUT2D eigenvalue weighted by Crippen LogP contribution is 2.30. The van der Waals surface area contributed by atoms with Crippen molar-refractivity contribution in [2.75, 3.05) is 5.32 Å². The van der Waals surface area contributed by atoms with Crippen LogP contribution in [-0.4, -0.2) is 24.7 Å². The van der Waals surface area contributed by atoms with Crippen molar-refractivity contribution in [2.24, 2.45) is 0 Å². The summed E-state index contributed by atoms with van der Waals surface area (Å²) in [5.74, 6) is 0.947. The van der Waals surface area contributed by atoms with Gasteiger partial charge >= 0.3 is 0 Å². The zero-order chi connectivity index (χ0) is 16.5. The van der Waals surface area contributed by atoms with E-state index in [4.69, 9.17) is 0 Å². The van der Waals surface area contributed by atoms with Gasteiger partial charge in [0.25, 0.3) is 5.95 Å². The van der Waals surface area contributed by atoms with Crippen LogP contribution in [0.4, 0.5) is 10.2 Å². The predicted molar refractivity (Wildman–Crippen MR) is 90.8 cm³/mol. The Morgan fingerprint density at radius 1 is 1.21 bits per heavy atom. The van der Waals surface area contributed by atoms with Gasteiger partial charge in [0.1, 0.15) is 29.1 Å². The van der Waals surface area contributed by atoms with E-state index in [1.807, 2.05) is 12.3 Å². The molecular weight excluding hydrogens is 327 g/mol. The molecule has 0 aliphatic heterocycles. The Bertz CT molecular complexity index is 978. The lowest BCUT2D eigenvalue weighted by Gasteiger charge is -2.09. The van der Waals surface area contributed by atoms with E-state index in [0.29, 0.717) is 12.5 Å². The molecule has 1 aromatic carbocycles. The first-order valence-electron chi connectivity index (χ1n) is 7.30. The average molecular weight is 340 g/mol. The minimum atomic E-state index is -0.245. The molecule has 0 radical (unpaired) electrons. The summed E-state index contributed by atoms with van der Waals surface area (Å²) in [6, 6.07) is 6.39. The molecule has 0 fully saturated rings. The van der Waals surface area contributed by atoms with Crippen LogP contribution in [0.2, 0.25) is 0 Å². The SMILES string of the molecule is Cc1csc2nc(-n3cncn3)nc(NCc3ccc(F)cc3)c12. The van der Waals surface area contributed by atoms with Crippen molar-refractivity contribution in [3.8, 4) is 5.95 Å². The Labute approximate surface area is 141 Å². The summed E-state index contributed by atoms with van der Waals surface area (Å²) in [7, 11) is 0. The first-order valence-corrected chi connectivity index (χ1v) is 8.18. The molecule has 0 atom stereocenters. The number of halogens is 1. The number of aryl methyl sites for hydroxylation is 1. The Balaban J connectivity index is 1.72. The molecule has 24 heavy (non-hydrogen) atoms. The Morgan fingerprint density at radius 3 is 2.79 bits per heavy atom. The summed E-state index contributed by atoms with van der Waals surface area (Å²) in [5.41, 5.74) is 2.08. The van der Waals surface area contributed by atoms with Crippen LogP contribution in [-0.2, 0) is 6.54 Å². The van der Waals surface area contributed by atoms with Gasteiger partial charge in [0.15, 0.2) is 0 Å². The smallest absolute Gasteiger partial charge is 0.255 e. The van der Waals surface area contributed by atoms with Crippen molar-refractivity contribution in [3.63, 3.8) is 0 Å². The number of fused-ring (bicyclic) bond motifs is 1. The third-order valence-electron chi connectivity index (χ3n) is 3.60. The summed E-state index contributed by atoms with van der Waals surface area (Å²) in [5, 5.41) is 10.5. The largest absolute Gasteiger partial charge is 0.365 e. The van der Waals surface area contributed by atoms with Gasteiger partial charge < -0.3 is 5.32 Å². The van der Waals surface area contributed by atoms with Crippen LogP contribution in [0.5, 0.6) is 0 Å². The average Bonchev–Trinajstić information content (AvgIpc) is 3.24. The number of anilines is 1. The summed E-state index contributed by atoms with van der Waals surface area (Å²) < 4.78 is 14.5. The fraction of sp³-hybridized carbons (Fsp3) is 0.125. The molecule has 0 aliphatic carbocycles. The van der Waals surface area contributed by atoms with E-state index in [0.717, 1.165) is 27.2 Å². The van der Waals surface area contributed by atoms with Gasteiger partial charge in [0.2, 0.25) is 0 Å². The van der Waals surface area contributed by atoms with E-state index in [1.54, 1.807) is 29.8 Å². The zero-order valence-corrected chi connectivity index (χ0v) is 13.6. The van der Waals surface area contributed by atoms with Crippen LogP contribution in [0.15, 0.2) is 42.3 Å². The summed E-state index contributed by atoms with van der Waals surface area (Å²) in [4.78, 5) is 13.9. The first kappa shape index (κ1) is 14.7. The van der Waals surface area contributed by atoms with Gasteiger partial charge in [-0.05, 0) is 35.6 Å². The molecule has 0 spiro atoms. The molecule has 3 heterocycles. The number of hydrogen-bond acceptors (Lipinski definition) is 6. The number of nitrogens with one attached hydrogen (secondary N) is 1. The first-order chi connectivity index (χ1) is 11.7. The number of nitrogens with zero attached hydrogens (tertiary/aromatic N) is 5. The number of rotatable bonds is 4. The van der Waals surface area contributed by atoms with Crippen LogP contribution < -0.4 is 5.32 Å². The van der Waals surface area contributed by atoms with Gasteiger partial charge in [0, 0.05) is 6.54 Å². The van der Waals surface area contributed by atoms with Crippen molar-refractivity contribution < 1.29 is 4.39 Å². The quantitative estimate of drug-likeness (QED) is 0.617. The highest BCUT2D eigenvalue weighted by atomic mass is 32.1. The number of thiophene rings is 1. The lowest BCUT2D eigenvalue weighted by atomic mass is 10.2. The van der Waals surface area contributed by atoms with Crippen molar-refractivity contribution in [3.05, 3.63) is 59.2 Å². The predicted octanol–water partition coefficient (Wildman–Crippen LogP) is 3.33. The van der Waals surface area contributed by atoms with E-state index in [1.165, 1.54) is 23.1 Å². The van der Waals surface area contributed by atoms with Gasteiger partial charge in [-0.3, -0.25) is 0 Å². The highest BCUT2D eigenvalue weighted by molar-refractivity contribution is 7.17. The van der Waals surface area contributed by atoms with E-state index >= 15 is 0 Å². The molecule has 4 aromatic rings. The lowest BCUT2D eigenvalue weighted by Crippen LogP contribution is -2.07. The lowest BCUT2D eigenvalue weighted by molar-refractivity contribution is 0.627. The van der Waals surface area contributed by atoms with Gasteiger partial charge in [-0.1, -0.05) is 12.1 Å². The highest BCUT2D eigenvalue weighted by Gasteiger charge is 2.13. The Morgan fingerprint density at radius 2 is 2.04 bits per heavy atom. The standard InChI is InChI=1S/C16H13FN6S/c1-10-7-24-15-13(10)14(19-6-11-2-4-12(17)5-3-11)21-16(22-15)23-9-18-8-20-23/h2-5,7-9H,6H2,1H3,(H,19,21,22). The fourth-order valence-electron chi connectivity index (χ4n) is 2.40. The normalized spacial score (nSPS) is 11.1. The number of benzene rings is 1. The van der Waals surface area contributed by atoms with Gasteiger partial charge in [0.05, 0.1) is 5.39 Å². The molecule has 6 nitrogen and oxygen atoms in total. The van der Waals surface area contributed by atoms with E-state index < -0.39 is 0 Å². The molecule has 1 N–H and O–H groups in total. The fourth-order valence-corrected chi connectivity index (χ4v) is 3.32. The van der Waals surface area contributed by atoms with Crippen LogP contribution in [0.1, 0.15) is 11.1 Å². The second-order valence-electron chi connectivity index (χ2n) is 5.29. The molecule has 0 bridgehead atoms. The molecule has 0 aliphatic rings. The monoisotopic (exact) mass is 340 g/mol. The van der Waals surface area contributed by atoms with Gasteiger partial charge in [-0.2, -0.15) is 19.7 Å². The topological polar surface area (TPSA) is 68.5 Å². The van der Waals surface area contributed by atoms with Crippen molar-refractivity contribution in [1.29, 1.82) is 0 Å². The van der Waals surface area contributed by atoms with Crippen LogP contribution >= 0.6 is 11.3 Å². The Kier molecular flexibility index (Phi) is 3.66. The maximum Gasteiger partial charge on any atom is 0.255 e. The second-order valence-corrected chi connectivity index (χ2v) is 6.15. The minimum Gasteiger partial charge on any atom is -0.365 e. The van der Waals surface area contributed by atoms with Crippen molar-refractivity contribution in [1.82, 2.24) is 24.7 Å². The number of aromatic nitrogens is 5. The van der Waals surface area contributed by atoms with Crippen molar-refractivity contribution >= 4 is 27.4 Å². The molecular formula is C16H13FN6S. The summed E-state index contributed by atoms with van der Waals surface area (Å²) in [6.45, 7) is 2.57. The molecule has 8 heteroatoms. The molecule has 0 saturated carbocycles. The van der Waals surface area contributed by atoms with E-state index in [2.05, 4.69) is 25.4 Å².